The lowest BCUT2D eigenvalue weighted by atomic mass is 10.1. The molecule has 190 valence electrons. The summed E-state index contributed by atoms with van der Waals surface area (Å²) in [5.41, 5.74) is 2.53. The number of para-hydroxylation sites is 1. The van der Waals surface area contributed by atoms with Gasteiger partial charge in [-0.3, -0.25) is 4.79 Å². The largest absolute Gasteiger partial charge is 0.467 e. The van der Waals surface area contributed by atoms with Crippen molar-refractivity contribution < 1.29 is 23.1 Å². The number of carbonyl (C=O) groups is 2. The van der Waals surface area contributed by atoms with Gasteiger partial charge in [0.05, 0.1) is 18.9 Å². The molecule has 1 aliphatic heterocycles. The van der Waals surface area contributed by atoms with Gasteiger partial charge in [-0.2, -0.15) is 0 Å². The lowest BCUT2D eigenvalue weighted by Gasteiger charge is -2.29. The highest BCUT2D eigenvalue weighted by Gasteiger charge is 2.27. The Labute approximate surface area is 210 Å². The van der Waals surface area contributed by atoms with Gasteiger partial charge in [0.15, 0.2) is 0 Å². The second-order valence-corrected chi connectivity index (χ2v) is 8.91. The van der Waals surface area contributed by atoms with E-state index in [0.717, 1.165) is 36.1 Å². The zero-order valence-corrected chi connectivity index (χ0v) is 20.5. The maximum atomic E-state index is 13.6. The number of ether oxygens (including phenoxy) is 1. The van der Waals surface area contributed by atoms with E-state index in [0.29, 0.717) is 18.9 Å². The van der Waals surface area contributed by atoms with Crippen LogP contribution in [0.5, 0.6) is 0 Å². The van der Waals surface area contributed by atoms with E-state index in [9.17, 15) is 14.0 Å². The number of benzene rings is 2. The first-order chi connectivity index (χ1) is 17.5. The zero-order valence-electron chi connectivity index (χ0n) is 20.5. The second kappa shape index (κ2) is 12.4. The summed E-state index contributed by atoms with van der Waals surface area (Å²) in [5, 5.41) is 2.98. The molecule has 2 aromatic carbocycles. The van der Waals surface area contributed by atoms with E-state index >= 15 is 0 Å². The fourth-order valence-electron chi connectivity index (χ4n) is 4.29. The summed E-state index contributed by atoms with van der Waals surface area (Å²) < 4.78 is 24.7. The summed E-state index contributed by atoms with van der Waals surface area (Å²) in [5.74, 6) is 0.0412. The van der Waals surface area contributed by atoms with Crippen molar-refractivity contribution in [3.05, 3.63) is 89.6 Å². The molecule has 8 heteroatoms. The average Bonchev–Trinajstić information content (AvgIpc) is 3.59. The fraction of sp³-hybridized carbons (Fsp3) is 0.357. The maximum Gasteiger partial charge on any atom is 0.322 e. The summed E-state index contributed by atoms with van der Waals surface area (Å²) in [4.78, 5) is 30.1. The van der Waals surface area contributed by atoms with Gasteiger partial charge in [-0.05, 0) is 60.7 Å². The number of nitrogens with zero attached hydrogens (tertiary/aromatic N) is 2. The smallest absolute Gasteiger partial charge is 0.322 e. The lowest BCUT2D eigenvalue weighted by Crippen LogP contribution is -2.47. The van der Waals surface area contributed by atoms with E-state index in [-0.39, 0.29) is 43.5 Å². The van der Waals surface area contributed by atoms with Crippen LogP contribution in [0.3, 0.4) is 0 Å². The van der Waals surface area contributed by atoms with Crippen LogP contribution in [0.2, 0.25) is 0 Å². The molecule has 0 spiro atoms. The number of urea groups is 1. The number of carbonyl (C=O) groups excluding carboxylic acids is 2. The number of aryl methyl sites for hydroxylation is 1. The first-order valence-corrected chi connectivity index (χ1v) is 12.3. The molecule has 36 heavy (non-hydrogen) atoms. The molecule has 4 rings (SSSR count). The third-order valence-corrected chi connectivity index (χ3v) is 6.27. The third kappa shape index (κ3) is 6.95. The van der Waals surface area contributed by atoms with Crippen molar-refractivity contribution in [3.8, 4) is 0 Å². The Kier molecular flexibility index (Phi) is 8.73. The molecule has 0 radical (unpaired) electrons. The number of hydrogen-bond donors (Lipinski definition) is 1. The monoisotopic (exact) mass is 493 g/mol. The molecule has 3 amide bonds. The average molecular weight is 494 g/mol. The quantitative estimate of drug-likeness (QED) is 0.420. The van der Waals surface area contributed by atoms with Crippen molar-refractivity contribution in [2.45, 2.75) is 45.4 Å². The van der Waals surface area contributed by atoms with Crippen LogP contribution in [-0.4, -0.2) is 47.5 Å². The number of nitrogens with one attached hydrogen (secondary N) is 1. The Hall–Kier alpha value is -3.65. The molecule has 0 bridgehead atoms. The minimum Gasteiger partial charge on any atom is -0.467 e. The number of rotatable bonds is 10. The van der Waals surface area contributed by atoms with Crippen molar-refractivity contribution in [2.75, 3.05) is 25.0 Å². The molecule has 1 atom stereocenters. The molecule has 7 nitrogen and oxygen atoms in total. The Morgan fingerprint density at radius 3 is 2.53 bits per heavy atom. The summed E-state index contributed by atoms with van der Waals surface area (Å²) >= 11 is 0. The van der Waals surface area contributed by atoms with Gasteiger partial charge in [0, 0.05) is 25.4 Å². The van der Waals surface area contributed by atoms with Crippen LogP contribution in [0.4, 0.5) is 14.9 Å². The molecule has 1 aromatic heterocycles. The Bertz CT molecular complexity index is 1130. The lowest BCUT2D eigenvalue weighted by molar-refractivity contribution is -0.133. The van der Waals surface area contributed by atoms with Crippen molar-refractivity contribution in [1.82, 2.24) is 9.80 Å². The number of halogens is 1. The van der Waals surface area contributed by atoms with E-state index in [1.54, 1.807) is 35.4 Å². The zero-order chi connectivity index (χ0) is 25.3. The van der Waals surface area contributed by atoms with Crippen LogP contribution in [-0.2, 0) is 29.0 Å². The van der Waals surface area contributed by atoms with Crippen molar-refractivity contribution in [3.63, 3.8) is 0 Å². The second-order valence-electron chi connectivity index (χ2n) is 8.91. The van der Waals surface area contributed by atoms with Gasteiger partial charge < -0.3 is 24.3 Å². The van der Waals surface area contributed by atoms with Gasteiger partial charge in [0.2, 0.25) is 5.91 Å². The molecular weight excluding hydrogens is 461 g/mol. The van der Waals surface area contributed by atoms with E-state index in [1.165, 1.54) is 17.0 Å². The minimum absolute atomic E-state index is 0.111. The summed E-state index contributed by atoms with van der Waals surface area (Å²) in [6, 6.07) is 16.9. The van der Waals surface area contributed by atoms with Crippen molar-refractivity contribution >= 4 is 17.6 Å². The Morgan fingerprint density at radius 1 is 1.03 bits per heavy atom. The van der Waals surface area contributed by atoms with E-state index in [2.05, 4.69) is 5.32 Å². The van der Waals surface area contributed by atoms with Crippen LogP contribution >= 0.6 is 0 Å². The number of anilines is 1. The molecule has 0 saturated carbocycles. The Balaban J connectivity index is 1.52. The summed E-state index contributed by atoms with van der Waals surface area (Å²) in [6.45, 7) is 3.37. The van der Waals surface area contributed by atoms with Crippen LogP contribution < -0.4 is 5.32 Å². The van der Waals surface area contributed by atoms with Gasteiger partial charge in [0.1, 0.15) is 18.1 Å². The molecular formula is C28H32FN3O4. The van der Waals surface area contributed by atoms with Gasteiger partial charge in [-0.15, -0.1) is 0 Å². The van der Waals surface area contributed by atoms with Crippen molar-refractivity contribution in [2.24, 2.45) is 0 Å². The Morgan fingerprint density at radius 2 is 1.83 bits per heavy atom. The minimum atomic E-state index is -0.348. The van der Waals surface area contributed by atoms with E-state index < -0.39 is 0 Å². The summed E-state index contributed by atoms with van der Waals surface area (Å²) in [7, 11) is 0. The molecule has 3 aromatic rings. The van der Waals surface area contributed by atoms with E-state index in [1.807, 2.05) is 31.2 Å². The van der Waals surface area contributed by atoms with Gasteiger partial charge in [-0.1, -0.05) is 37.3 Å². The van der Waals surface area contributed by atoms with Gasteiger partial charge in [0.25, 0.3) is 0 Å². The van der Waals surface area contributed by atoms with E-state index in [4.69, 9.17) is 9.15 Å². The third-order valence-electron chi connectivity index (χ3n) is 6.27. The number of furan rings is 1. The first kappa shape index (κ1) is 25.4. The fourth-order valence-corrected chi connectivity index (χ4v) is 4.29. The standard InChI is InChI=1S/C28H32FN3O4/c1-2-22-7-3-4-10-26(22)30-28(34)32(19-25-9-6-16-36-25)20-27(33)31(18-24-8-5-15-35-24)17-21-11-13-23(29)14-12-21/h3-5,7-8,10-15,25H,2,6,9,16-20H2,1H3,(H,30,34). The SMILES string of the molecule is CCc1ccccc1NC(=O)N(CC(=O)N(Cc1ccc(F)cc1)Cc1ccco1)CC1CCCO1. The first-order valence-electron chi connectivity index (χ1n) is 12.3. The molecule has 1 unspecified atom stereocenters. The highest BCUT2D eigenvalue weighted by Crippen LogP contribution is 2.19. The normalized spacial score (nSPS) is 15.0. The highest BCUT2D eigenvalue weighted by molar-refractivity contribution is 5.93. The predicted octanol–water partition coefficient (Wildman–Crippen LogP) is 5.22. The topological polar surface area (TPSA) is 75.0 Å². The van der Waals surface area contributed by atoms with Crippen LogP contribution in [0, 0.1) is 5.82 Å². The van der Waals surface area contributed by atoms with Crippen molar-refractivity contribution in [1.29, 1.82) is 0 Å². The van der Waals surface area contributed by atoms with Crippen LogP contribution in [0.1, 0.15) is 36.7 Å². The highest BCUT2D eigenvalue weighted by atomic mass is 19.1. The molecule has 1 N–H and O–H groups in total. The van der Waals surface area contributed by atoms with Crippen LogP contribution in [0.25, 0.3) is 0 Å². The predicted molar refractivity (Wildman–Crippen MR) is 135 cm³/mol. The molecule has 1 saturated heterocycles. The molecule has 2 heterocycles. The summed E-state index contributed by atoms with van der Waals surface area (Å²) in [6.07, 6.45) is 3.99. The van der Waals surface area contributed by atoms with Gasteiger partial charge >= 0.3 is 6.03 Å². The van der Waals surface area contributed by atoms with Crippen LogP contribution in [0.15, 0.2) is 71.3 Å². The maximum absolute atomic E-state index is 13.6. The molecule has 1 fully saturated rings. The number of hydrogen-bond acceptors (Lipinski definition) is 4. The molecule has 1 aliphatic rings. The van der Waals surface area contributed by atoms with Gasteiger partial charge in [-0.25, -0.2) is 9.18 Å². The number of amides is 3. The molecule has 0 aliphatic carbocycles.